The van der Waals surface area contributed by atoms with Crippen molar-refractivity contribution < 1.29 is 9.94 Å². The van der Waals surface area contributed by atoms with Gasteiger partial charge in [-0.05, 0) is 23.8 Å². The van der Waals surface area contributed by atoms with Crippen molar-refractivity contribution >= 4 is 17.6 Å². The standard InChI is InChI=1S/C18H13NO2S/c20-19-11-13-10-15-17(12-6-2-1-3-7-12)21-16-9-5-4-8-14(16)18(15)22-13/h1-11,17,20H. The van der Waals surface area contributed by atoms with Crippen molar-refractivity contribution in [3.05, 3.63) is 76.7 Å². The van der Waals surface area contributed by atoms with E-state index >= 15 is 0 Å². The Balaban J connectivity index is 1.91. The van der Waals surface area contributed by atoms with Crippen LogP contribution in [0.25, 0.3) is 10.4 Å². The number of nitrogens with zero attached hydrogens (tertiary/aromatic N) is 1. The summed E-state index contributed by atoms with van der Waals surface area (Å²) in [5.41, 5.74) is 3.32. The maximum atomic E-state index is 8.80. The molecular formula is C18H13NO2S. The first-order chi connectivity index (χ1) is 10.9. The lowest BCUT2D eigenvalue weighted by molar-refractivity contribution is 0.244. The normalized spacial score (nSPS) is 16.1. The summed E-state index contributed by atoms with van der Waals surface area (Å²) >= 11 is 1.61. The third-order valence-corrected chi connectivity index (χ3v) is 4.84. The molecule has 4 heteroatoms. The number of para-hydroxylation sites is 1. The van der Waals surface area contributed by atoms with Gasteiger partial charge in [0.15, 0.2) is 6.10 Å². The Morgan fingerprint density at radius 1 is 1.05 bits per heavy atom. The second-order valence-corrected chi connectivity index (χ2v) is 6.17. The molecule has 1 aliphatic heterocycles. The topological polar surface area (TPSA) is 41.8 Å². The van der Waals surface area contributed by atoms with E-state index in [1.807, 2.05) is 42.5 Å². The number of rotatable bonds is 2. The molecule has 3 aromatic rings. The molecule has 0 saturated heterocycles. The van der Waals surface area contributed by atoms with Crippen LogP contribution >= 0.6 is 11.3 Å². The van der Waals surface area contributed by atoms with Crippen LogP contribution in [0.1, 0.15) is 22.1 Å². The largest absolute Gasteiger partial charge is 0.480 e. The van der Waals surface area contributed by atoms with E-state index in [2.05, 4.69) is 23.4 Å². The average Bonchev–Trinajstić information content (AvgIpc) is 2.99. The monoisotopic (exact) mass is 307 g/mol. The maximum absolute atomic E-state index is 8.80. The molecule has 1 N–H and O–H groups in total. The van der Waals surface area contributed by atoms with Gasteiger partial charge in [0.05, 0.1) is 6.21 Å². The van der Waals surface area contributed by atoms with E-state index in [0.717, 1.165) is 27.3 Å². The fourth-order valence-electron chi connectivity index (χ4n) is 2.77. The lowest BCUT2D eigenvalue weighted by Crippen LogP contribution is -2.13. The molecule has 0 saturated carbocycles. The van der Waals surface area contributed by atoms with Crippen molar-refractivity contribution in [3.8, 4) is 16.2 Å². The van der Waals surface area contributed by atoms with Crippen molar-refractivity contribution in [2.24, 2.45) is 5.16 Å². The van der Waals surface area contributed by atoms with Gasteiger partial charge in [0.1, 0.15) is 5.75 Å². The van der Waals surface area contributed by atoms with E-state index in [1.165, 1.54) is 11.1 Å². The molecule has 4 rings (SSSR count). The summed E-state index contributed by atoms with van der Waals surface area (Å²) in [6.45, 7) is 0. The van der Waals surface area contributed by atoms with E-state index in [1.54, 1.807) is 11.3 Å². The molecule has 0 fully saturated rings. The quantitative estimate of drug-likeness (QED) is 0.423. The second-order valence-electron chi connectivity index (χ2n) is 5.08. The molecule has 2 heterocycles. The molecule has 22 heavy (non-hydrogen) atoms. The zero-order valence-corrected chi connectivity index (χ0v) is 12.5. The highest BCUT2D eigenvalue weighted by molar-refractivity contribution is 7.17. The predicted octanol–water partition coefficient (Wildman–Crippen LogP) is 4.71. The Hall–Kier alpha value is -2.59. The zero-order chi connectivity index (χ0) is 14.9. The number of hydrogen-bond acceptors (Lipinski definition) is 4. The van der Waals surface area contributed by atoms with Gasteiger partial charge in [-0.15, -0.1) is 11.3 Å². The van der Waals surface area contributed by atoms with Crippen LogP contribution in [0.2, 0.25) is 0 Å². The van der Waals surface area contributed by atoms with Crippen molar-refractivity contribution in [3.63, 3.8) is 0 Å². The van der Waals surface area contributed by atoms with Crippen molar-refractivity contribution in [1.82, 2.24) is 0 Å². The lowest BCUT2D eigenvalue weighted by atomic mass is 9.96. The summed E-state index contributed by atoms with van der Waals surface area (Å²) < 4.78 is 6.24. The van der Waals surface area contributed by atoms with Crippen molar-refractivity contribution in [2.45, 2.75) is 6.10 Å². The average molecular weight is 307 g/mol. The van der Waals surface area contributed by atoms with Crippen LogP contribution in [-0.2, 0) is 0 Å². The summed E-state index contributed by atoms with van der Waals surface area (Å²) in [6.07, 6.45) is 1.33. The smallest absolute Gasteiger partial charge is 0.150 e. The third kappa shape index (κ3) is 2.09. The fourth-order valence-corrected chi connectivity index (χ4v) is 3.86. The summed E-state index contributed by atoms with van der Waals surface area (Å²) in [5, 5.41) is 12.0. The number of thiophene rings is 1. The van der Waals surface area contributed by atoms with Crippen LogP contribution in [0.15, 0.2) is 65.8 Å². The molecule has 1 unspecified atom stereocenters. The van der Waals surface area contributed by atoms with Gasteiger partial charge in [-0.1, -0.05) is 47.6 Å². The lowest BCUT2D eigenvalue weighted by Gasteiger charge is -2.26. The number of hydrogen-bond donors (Lipinski definition) is 1. The van der Waals surface area contributed by atoms with E-state index < -0.39 is 0 Å². The highest BCUT2D eigenvalue weighted by atomic mass is 32.1. The maximum Gasteiger partial charge on any atom is 0.150 e. The number of ether oxygens (including phenoxy) is 1. The first-order valence-corrected chi connectivity index (χ1v) is 7.80. The Labute approximate surface area is 132 Å². The Morgan fingerprint density at radius 3 is 2.64 bits per heavy atom. The van der Waals surface area contributed by atoms with Gasteiger partial charge in [0.2, 0.25) is 0 Å². The minimum Gasteiger partial charge on any atom is -0.480 e. The highest BCUT2D eigenvalue weighted by Crippen LogP contribution is 2.48. The molecule has 1 aromatic heterocycles. The van der Waals surface area contributed by atoms with Crippen LogP contribution in [0.4, 0.5) is 0 Å². The Bertz CT molecular complexity index is 839. The summed E-state index contributed by atoms with van der Waals surface area (Å²) in [5.74, 6) is 0.887. The first kappa shape index (κ1) is 13.1. The highest BCUT2D eigenvalue weighted by Gasteiger charge is 2.29. The molecule has 108 valence electrons. The third-order valence-electron chi connectivity index (χ3n) is 3.73. The van der Waals surface area contributed by atoms with Gasteiger partial charge in [0, 0.05) is 20.9 Å². The predicted molar refractivity (Wildman–Crippen MR) is 88.0 cm³/mol. The molecule has 2 aromatic carbocycles. The number of oxime groups is 1. The molecule has 1 atom stereocenters. The Kier molecular flexibility index (Phi) is 3.16. The van der Waals surface area contributed by atoms with Crippen molar-refractivity contribution in [1.29, 1.82) is 0 Å². The molecular weight excluding hydrogens is 294 g/mol. The van der Waals surface area contributed by atoms with Gasteiger partial charge in [-0.3, -0.25) is 0 Å². The zero-order valence-electron chi connectivity index (χ0n) is 11.6. The van der Waals surface area contributed by atoms with Crippen molar-refractivity contribution in [2.75, 3.05) is 0 Å². The number of fused-ring (bicyclic) bond motifs is 3. The molecule has 0 spiro atoms. The molecule has 1 aliphatic rings. The summed E-state index contributed by atoms with van der Waals surface area (Å²) in [7, 11) is 0. The number of benzene rings is 2. The second kappa shape index (κ2) is 5.31. The van der Waals surface area contributed by atoms with Crippen LogP contribution in [-0.4, -0.2) is 11.4 Å². The SMILES string of the molecule is ON=Cc1cc2c(s1)-c1ccccc1OC2c1ccccc1. The minimum atomic E-state index is -0.136. The van der Waals surface area contributed by atoms with E-state index in [-0.39, 0.29) is 6.10 Å². The molecule has 0 radical (unpaired) electrons. The van der Waals surface area contributed by atoms with E-state index in [4.69, 9.17) is 9.94 Å². The van der Waals surface area contributed by atoms with Gasteiger partial charge in [0.25, 0.3) is 0 Å². The fraction of sp³-hybridized carbons (Fsp3) is 0.0556. The minimum absolute atomic E-state index is 0.136. The van der Waals surface area contributed by atoms with Gasteiger partial charge >= 0.3 is 0 Å². The van der Waals surface area contributed by atoms with Crippen LogP contribution < -0.4 is 4.74 Å². The van der Waals surface area contributed by atoms with Crippen LogP contribution in [0, 0.1) is 0 Å². The molecule has 0 bridgehead atoms. The summed E-state index contributed by atoms with van der Waals surface area (Å²) in [6, 6.07) is 20.2. The molecule has 3 nitrogen and oxygen atoms in total. The van der Waals surface area contributed by atoms with Crippen LogP contribution in [0.5, 0.6) is 5.75 Å². The Morgan fingerprint density at radius 2 is 1.82 bits per heavy atom. The molecule has 0 amide bonds. The molecule has 0 aliphatic carbocycles. The van der Waals surface area contributed by atoms with Crippen LogP contribution in [0.3, 0.4) is 0 Å². The van der Waals surface area contributed by atoms with Gasteiger partial charge in [-0.2, -0.15) is 0 Å². The van der Waals surface area contributed by atoms with E-state index in [9.17, 15) is 0 Å². The summed E-state index contributed by atoms with van der Waals surface area (Å²) in [4.78, 5) is 2.08. The first-order valence-electron chi connectivity index (χ1n) is 6.99. The van der Waals surface area contributed by atoms with Gasteiger partial charge in [-0.25, -0.2) is 0 Å². The van der Waals surface area contributed by atoms with Gasteiger partial charge < -0.3 is 9.94 Å². The van der Waals surface area contributed by atoms with E-state index in [0.29, 0.717) is 0 Å².